The summed E-state index contributed by atoms with van der Waals surface area (Å²) in [5.41, 5.74) is 0.726. The Kier molecular flexibility index (Phi) is 8.01. The van der Waals surface area contributed by atoms with Gasteiger partial charge in [0.15, 0.2) is 0 Å². The number of rotatable bonds is 7. The average molecular weight is 431 g/mol. The van der Waals surface area contributed by atoms with Crippen LogP contribution in [0.1, 0.15) is 36.5 Å². The Bertz CT molecular complexity index is 823. The first-order chi connectivity index (χ1) is 14.1. The Morgan fingerprint density at radius 3 is 2.38 bits per heavy atom. The molecule has 0 aromatic heterocycles. The number of hydrogen-bond donors (Lipinski definition) is 0. The predicted octanol–water partition coefficient (Wildman–Crippen LogP) is 4.98. The molecular weight excluding hydrogens is 404 g/mol. The molecule has 1 aliphatic heterocycles. The van der Waals surface area contributed by atoms with E-state index < -0.39 is 0 Å². The summed E-state index contributed by atoms with van der Waals surface area (Å²) in [5.74, 6) is 0.601. The summed E-state index contributed by atoms with van der Waals surface area (Å²) in [6, 6.07) is 17.2. The van der Waals surface area contributed by atoms with Crippen LogP contribution in [0.4, 0.5) is 0 Å². The van der Waals surface area contributed by atoms with Crippen molar-refractivity contribution in [3.8, 4) is 0 Å². The second-order valence-electron chi connectivity index (χ2n) is 7.20. The number of hydrogen-bond acceptors (Lipinski definition) is 3. The van der Waals surface area contributed by atoms with Crippen LogP contribution >= 0.6 is 23.4 Å². The number of carbonyl (C=O) groups excluding carboxylic acids is 2. The number of nitrogens with zero attached hydrogens (tertiary/aromatic N) is 2. The standard InChI is InChI=1S/C23H27ClN2O2S/c1-2-14-26(22(27)17-29-21-11-7-6-10-20(21)24)19-12-15-25(16-13-19)23(28)18-8-4-3-5-9-18/h3-11,19H,2,12-17H2,1H3. The highest BCUT2D eigenvalue weighted by Gasteiger charge is 2.29. The number of amides is 2. The van der Waals surface area contributed by atoms with Gasteiger partial charge in [-0.25, -0.2) is 0 Å². The summed E-state index contributed by atoms with van der Waals surface area (Å²) >= 11 is 7.70. The lowest BCUT2D eigenvalue weighted by Crippen LogP contribution is -2.49. The molecule has 1 heterocycles. The molecule has 1 fully saturated rings. The molecule has 0 unspecified atom stereocenters. The van der Waals surface area contributed by atoms with E-state index in [0.29, 0.717) is 23.9 Å². The highest BCUT2D eigenvalue weighted by atomic mass is 35.5. The fraction of sp³-hybridized carbons (Fsp3) is 0.391. The van der Waals surface area contributed by atoms with Gasteiger partial charge in [-0.05, 0) is 43.5 Å². The third-order valence-corrected chi connectivity index (χ3v) is 6.69. The zero-order valence-corrected chi connectivity index (χ0v) is 18.3. The van der Waals surface area contributed by atoms with Gasteiger partial charge in [-0.15, -0.1) is 11.8 Å². The average Bonchev–Trinajstić information content (AvgIpc) is 2.77. The zero-order chi connectivity index (χ0) is 20.6. The molecule has 0 saturated carbocycles. The number of likely N-dealkylation sites (tertiary alicyclic amines) is 1. The van der Waals surface area contributed by atoms with Crippen LogP contribution in [0.2, 0.25) is 5.02 Å². The van der Waals surface area contributed by atoms with Crippen LogP contribution in [0.15, 0.2) is 59.5 Å². The van der Waals surface area contributed by atoms with Crippen molar-refractivity contribution in [3.63, 3.8) is 0 Å². The van der Waals surface area contributed by atoms with Crippen molar-refractivity contribution >= 4 is 35.2 Å². The van der Waals surface area contributed by atoms with Crippen LogP contribution in [0, 0.1) is 0 Å². The van der Waals surface area contributed by atoms with E-state index in [-0.39, 0.29) is 17.9 Å². The first-order valence-corrected chi connectivity index (χ1v) is 11.5. The van der Waals surface area contributed by atoms with E-state index >= 15 is 0 Å². The molecule has 0 spiro atoms. The van der Waals surface area contributed by atoms with Crippen LogP contribution in [0.3, 0.4) is 0 Å². The highest BCUT2D eigenvalue weighted by Crippen LogP contribution is 2.27. The van der Waals surface area contributed by atoms with Gasteiger partial charge >= 0.3 is 0 Å². The fourth-order valence-corrected chi connectivity index (χ4v) is 4.80. The predicted molar refractivity (Wildman–Crippen MR) is 120 cm³/mol. The number of halogens is 1. The molecule has 2 amide bonds. The minimum Gasteiger partial charge on any atom is -0.339 e. The largest absolute Gasteiger partial charge is 0.339 e. The smallest absolute Gasteiger partial charge is 0.253 e. The molecule has 0 atom stereocenters. The van der Waals surface area contributed by atoms with Crippen LogP contribution in [0.25, 0.3) is 0 Å². The van der Waals surface area contributed by atoms with Crippen molar-refractivity contribution in [3.05, 3.63) is 65.2 Å². The monoisotopic (exact) mass is 430 g/mol. The first-order valence-electron chi connectivity index (χ1n) is 10.1. The first kappa shape index (κ1) is 21.7. The summed E-state index contributed by atoms with van der Waals surface area (Å²) in [7, 11) is 0. The molecule has 0 bridgehead atoms. The Hall–Kier alpha value is -1.98. The SMILES string of the molecule is CCCN(C(=O)CSc1ccccc1Cl)C1CCN(C(=O)c2ccccc2)CC1. The minimum absolute atomic E-state index is 0.0756. The van der Waals surface area contributed by atoms with Crippen molar-refractivity contribution in [2.75, 3.05) is 25.4 Å². The molecule has 6 heteroatoms. The lowest BCUT2D eigenvalue weighted by molar-refractivity contribution is -0.131. The summed E-state index contributed by atoms with van der Waals surface area (Å²) < 4.78 is 0. The van der Waals surface area contributed by atoms with Gasteiger partial charge in [-0.2, -0.15) is 0 Å². The van der Waals surface area contributed by atoms with Crippen molar-refractivity contribution in [2.45, 2.75) is 37.1 Å². The molecule has 3 rings (SSSR count). The normalized spacial score (nSPS) is 14.6. The van der Waals surface area contributed by atoms with Gasteiger partial charge in [0.2, 0.25) is 5.91 Å². The molecule has 1 aliphatic rings. The van der Waals surface area contributed by atoms with E-state index in [9.17, 15) is 9.59 Å². The highest BCUT2D eigenvalue weighted by molar-refractivity contribution is 8.00. The molecule has 0 N–H and O–H groups in total. The van der Waals surface area contributed by atoms with E-state index in [1.165, 1.54) is 11.8 Å². The van der Waals surface area contributed by atoms with Crippen molar-refractivity contribution in [2.24, 2.45) is 0 Å². The fourth-order valence-electron chi connectivity index (χ4n) is 3.68. The topological polar surface area (TPSA) is 40.6 Å². The van der Waals surface area contributed by atoms with Gasteiger partial charge in [-0.1, -0.05) is 48.9 Å². The number of benzene rings is 2. The number of piperidine rings is 1. The van der Waals surface area contributed by atoms with Gasteiger partial charge in [0.25, 0.3) is 5.91 Å². The lowest BCUT2D eigenvalue weighted by atomic mass is 10.0. The second-order valence-corrected chi connectivity index (χ2v) is 8.62. The minimum atomic E-state index is 0.0756. The Labute approximate surface area is 182 Å². The van der Waals surface area contributed by atoms with Crippen molar-refractivity contribution < 1.29 is 9.59 Å². The van der Waals surface area contributed by atoms with Crippen LogP contribution in [0.5, 0.6) is 0 Å². The molecule has 0 radical (unpaired) electrons. The third kappa shape index (κ3) is 5.77. The van der Waals surface area contributed by atoms with E-state index in [1.54, 1.807) is 0 Å². The summed E-state index contributed by atoms with van der Waals surface area (Å²) in [6.07, 6.45) is 2.56. The van der Waals surface area contributed by atoms with E-state index in [2.05, 4.69) is 6.92 Å². The quantitative estimate of drug-likeness (QED) is 0.582. The van der Waals surface area contributed by atoms with Crippen molar-refractivity contribution in [1.82, 2.24) is 9.80 Å². The van der Waals surface area contributed by atoms with Gasteiger partial charge in [-0.3, -0.25) is 9.59 Å². The maximum Gasteiger partial charge on any atom is 0.253 e. The number of carbonyl (C=O) groups is 2. The van der Waals surface area contributed by atoms with Gasteiger partial charge in [0.1, 0.15) is 0 Å². The summed E-state index contributed by atoms with van der Waals surface area (Å²) in [4.78, 5) is 30.4. The van der Waals surface area contributed by atoms with Crippen LogP contribution < -0.4 is 0 Å². The molecule has 29 heavy (non-hydrogen) atoms. The summed E-state index contributed by atoms with van der Waals surface area (Å²) in [5, 5.41) is 0.681. The van der Waals surface area contributed by atoms with Crippen molar-refractivity contribution in [1.29, 1.82) is 0 Å². The van der Waals surface area contributed by atoms with Gasteiger partial charge in [0, 0.05) is 36.1 Å². The van der Waals surface area contributed by atoms with E-state index in [0.717, 1.165) is 36.3 Å². The van der Waals surface area contributed by atoms with E-state index in [1.807, 2.05) is 64.4 Å². The second kappa shape index (κ2) is 10.7. The number of thioether (sulfide) groups is 1. The maximum absolute atomic E-state index is 12.9. The molecule has 2 aromatic rings. The van der Waals surface area contributed by atoms with Gasteiger partial charge < -0.3 is 9.80 Å². The Morgan fingerprint density at radius 2 is 1.72 bits per heavy atom. The molecule has 1 saturated heterocycles. The van der Waals surface area contributed by atoms with Crippen LogP contribution in [-0.4, -0.2) is 53.0 Å². The maximum atomic E-state index is 12.9. The van der Waals surface area contributed by atoms with Crippen LogP contribution in [-0.2, 0) is 4.79 Å². The summed E-state index contributed by atoms with van der Waals surface area (Å²) in [6.45, 7) is 4.21. The zero-order valence-electron chi connectivity index (χ0n) is 16.7. The molecule has 0 aliphatic carbocycles. The molecule has 154 valence electrons. The third-order valence-electron chi connectivity index (χ3n) is 5.19. The lowest BCUT2D eigenvalue weighted by Gasteiger charge is -2.38. The van der Waals surface area contributed by atoms with E-state index in [4.69, 9.17) is 11.6 Å². The Morgan fingerprint density at radius 1 is 1.07 bits per heavy atom. The molecule has 4 nitrogen and oxygen atoms in total. The van der Waals surface area contributed by atoms with Gasteiger partial charge in [0.05, 0.1) is 10.8 Å². The molecule has 2 aromatic carbocycles. The Balaban J connectivity index is 1.56. The molecular formula is C23H27ClN2O2S.